The molecular formula is C8H15N3O3. The Balaban J connectivity index is 2.14. The molecule has 1 aliphatic heterocycles. The second-order valence-electron chi connectivity index (χ2n) is 3.21. The summed E-state index contributed by atoms with van der Waals surface area (Å²) in [6, 6.07) is 0. The standard InChI is InChI=1S/C8H15N3O3/c9-7(11-13)4-8(12)10-5-6-2-1-3-14-6/h6,13H,1-5H2,(H2,9,11)(H,10,12). The molecule has 14 heavy (non-hydrogen) atoms. The predicted molar refractivity (Wildman–Crippen MR) is 50.0 cm³/mol. The summed E-state index contributed by atoms with van der Waals surface area (Å²) in [6.45, 7) is 1.26. The van der Waals surface area contributed by atoms with Crippen LogP contribution < -0.4 is 11.1 Å². The molecule has 1 fully saturated rings. The number of carbonyl (C=O) groups is 1. The summed E-state index contributed by atoms with van der Waals surface area (Å²) >= 11 is 0. The number of rotatable bonds is 4. The summed E-state index contributed by atoms with van der Waals surface area (Å²) < 4.78 is 5.31. The fraction of sp³-hybridized carbons (Fsp3) is 0.750. The first kappa shape index (κ1) is 10.8. The molecule has 80 valence electrons. The molecule has 1 rings (SSSR count). The van der Waals surface area contributed by atoms with E-state index in [2.05, 4.69) is 10.5 Å². The average Bonchev–Trinajstić information content (AvgIpc) is 2.67. The van der Waals surface area contributed by atoms with Crippen molar-refractivity contribution >= 4 is 11.7 Å². The summed E-state index contributed by atoms with van der Waals surface area (Å²) in [5.41, 5.74) is 5.17. The second kappa shape index (κ2) is 5.43. The lowest BCUT2D eigenvalue weighted by Crippen LogP contribution is -2.34. The molecule has 1 saturated heterocycles. The maximum atomic E-state index is 11.1. The third-order valence-electron chi connectivity index (χ3n) is 2.02. The Morgan fingerprint density at radius 2 is 2.50 bits per heavy atom. The number of nitrogens with two attached hydrogens (primary N) is 1. The molecule has 1 aliphatic rings. The maximum Gasteiger partial charge on any atom is 0.227 e. The number of carbonyl (C=O) groups excluding carboxylic acids is 1. The fourth-order valence-corrected chi connectivity index (χ4v) is 1.30. The minimum Gasteiger partial charge on any atom is -0.409 e. The van der Waals surface area contributed by atoms with Gasteiger partial charge in [0.2, 0.25) is 5.91 Å². The molecule has 6 nitrogen and oxygen atoms in total. The van der Waals surface area contributed by atoms with Crippen molar-refractivity contribution in [3.05, 3.63) is 0 Å². The third-order valence-corrected chi connectivity index (χ3v) is 2.02. The van der Waals surface area contributed by atoms with E-state index in [1.807, 2.05) is 0 Å². The lowest BCUT2D eigenvalue weighted by Gasteiger charge is -2.10. The highest BCUT2D eigenvalue weighted by atomic mass is 16.5. The van der Waals surface area contributed by atoms with Crippen LogP contribution in [0, 0.1) is 0 Å². The van der Waals surface area contributed by atoms with Gasteiger partial charge in [-0.1, -0.05) is 5.16 Å². The first-order valence-corrected chi connectivity index (χ1v) is 4.57. The Morgan fingerprint density at radius 3 is 3.07 bits per heavy atom. The van der Waals surface area contributed by atoms with Crippen LogP contribution in [0.15, 0.2) is 5.16 Å². The van der Waals surface area contributed by atoms with Crippen LogP contribution in [0.4, 0.5) is 0 Å². The second-order valence-corrected chi connectivity index (χ2v) is 3.21. The zero-order chi connectivity index (χ0) is 10.4. The van der Waals surface area contributed by atoms with Crippen LogP contribution in [-0.2, 0) is 9.53 Å². The van der Waals surface area contributed by atoms with E-state index in [4.69, 9.17) is 15.7 Å². The molecule has 0 aromatic heterocycles. The topological polar surface area (TPSA) is 96.9 Å². The lowest BCUT2D eigenvalue weighted by atomic mass is 10.2. The van der Waals surface area contributed by atoms with E-state index in [0.29, 0.717) is 6.54 Å². The molecule has 0 spiro atoms. The van der Waals surface area contributed by atoms with Crippen molar-refractivity contribution in [3.8, 4) is 0 Å². The molecule has 0 aliphatic carbocycles. The number of amides is 1. The van der Waals surface area contributed by atoms with E-state index < -0.39 is 0 Å². The average molecular weight is 201 g/mol. The summed E-state index contributed by atoms with van der Waals surface area (Å²) in [4.78, 5) is 11.1. The van der Waals surface area contributed by atoms with Crippen LogP contribution in [0.25, 0.3) is 0 Å². The summed E-state index contributed by atoms with van der Waals surface area (Å²) in [6.07, 6.45) is 2.06. The van der Waals surface area contributed by atoms with Crippen LogP contribution in [0.1, 0.15) is 19.3 Å². The maximum absolute atomic E-state index is 11.1. The van der Waals surface area contributed by atoms with E-state index in [0.717, 1.165) is 19.4 Å². The first-order valence-electron chi connectivity index (χ1n) is 4.57. The molecule has 0 radical (unpaired) electrons. The Labute approximate surface area is 82.1 Å². The van der Waals surface area contributed by atoms with E-state index in [9.17, 15) is 4.79 Å². The zero-order valence-corrected chi connectivity index (χ0v) is 7.90. The minimum absolute atomic E-state index is 0.0801. The van der Waals surface area contributed by atoms with Crippen LogP contribution in [-0.4, -0.2) is 36.2 Å². The normalized spacial score (nSPS) is 22.3. The summed E-state index contributed by atoms with van der Waals surface area (Å²) in [5.74, 6) is -0.342. The number of oxime groups is 1. The molecule has 0 aromatic rings. The molecular weight excluding hydrogens is 186 g/mol. The quantitative estimate of drug-likeness (QED) is 0.245. The highest BCUT2D eigenvalue weighted by Gasteiger charge is 2.16. The van der Waals surface area contributed by atoms with Gasteiger partial charge in [-0.15, -0.1) is 0 Å². The van der Waals surface area contributed by atoms with E-state index in [1.165, 1.54) is 0 Å². The van der Waals surface area contributed by atoms with Gasteiger partial charge in [0.15, 0.2) is 0 Å². The molecule has 6 heteroatoms. The van der Waals surface area contributed by atoms with E-state index in [-0.39, 0.29) is 24.3 Å². The largest absolute Gasteiger partial charge is 0.409 e. The fourth-order valence-electron chi connectivity index (χ4n) is 1.30. The minimum atomic E-state index is -0.254. The predicted octanol–water partition coefficient (Wildman–Crippen LogP) is -0.582. The van der Waals surface area contributed by atoms with Gasteiger partial charge in [-0.25, -0.2) is 0 Å². The van der Waals surface area contributed by atoms with Crippen molar-refractivity contribution in [2.45, 2.75) is 25.4 Å². The van der Waals surface area contributed by atoms with Crippen molar-refractivity contribution in [1.29, 1.82) is 0 Å². The monoisotopic (exact) mass is 201 g/mol. The van der Waals surface area contributed by atoms with Gasteiger partial charge in [-0.2, -0.15) is 0 Å². The van der Waals surface area contributed by atoms with Gasteiger partial charge in [-0.05, 0) is 12.8 Å². The number of amidine groups is 1. The van der Waals surface area contributed by atoms with Crippen molar-refractivity contribution in [2.24, 2.45) is 10.9 Å². The molecule has 1 heterocycles. The van der Waals surface area contributed by atoms with Gasteiger partial charge in [0, 0.05) is 13.2 Å². The molecule has 4 N–H and O–H groups in total. The third kappa shape index (κ3) is 3.61. The molecule has 1 amide bonds. The first-order chi connectivity index (χ1) is 6.72. The van der Waals surface area contributed by atoms with Gasteiger partial charge in [0.25, 0.3) is 0 Å². The van der Waals surface area contributed by atoms with Crippen LogP contribution >= 0.6 is 0 Å². The Kier molecular flexibility index (Phi) is 4.18. The van der Waals surface area contributed by atoms with Crippen molar-refractivity contribution in [3.63, 3.8) is 0 Å². The highest BCUT2D eigenvalue weighted by molar-refractivity contribution is 5.98. The van der Waals surface area contributed by atoms with E-state index >= 15 is 0 Å². The van der Waals surface area contributed by atoms with Crippen molar-refractivity contribution < 1.29 is 14.7 Å². The van der Waals surface area contributed by atoms with Crippen molar-refractivity contribution in [1.82, 2.24) is 5.32 Å². The molecule has 0 saturated carbocycles. The number of nitrogens with zero attached hydrogens (tertiary/aromatic N) is 1. The van der Waals surface area contributed by atoms with Gasteiger partial charge in [-0.3, -0.25) is 4.79 Å². The van der Waals surface area contributed by atoms with Gasteiger partial charge in [0.1, 0.15) is 5.84 Å². The van der Waals surface area contributed by atoms with E-state index in [1.54, 1.807) is 0 Å². The van der Waals surface area contributed by atoms with Crippen LogP contribution in [0.5, 0.6) is 0 Å². The number of hydrogen-bond donors (Lipinski definition) is 3. The number of ether oxygens (including phenoxy) is 1. The molecule has 1 atom stereocenters. The zero-order valence-electron chi connectivity index (χ0n) is 7.90. The molecule has 0 aromatic carbocycles. The summed E-state index contributed by atoms with van der Waals surface area (Å²) in [7, 11) is 0. The lowest BCUT2D eigenvalue weighted by molar-refractivity contribution is -0.120. The van der Waals surface area contributed by atoms with Gasteiger partial charge in [0.05, 0.1) is 12.5 Å². The Bertz CT molecular complexity index is 224. The highest BCUT2D eigenvalue weighted by Crippen LogP contribution is 2.10. The van der Waals surface area contributed by atoms with Crippen LogP contribution in [0.3, 0.4) is 0 Å². The van der Waals surface area contributed by atoms with Gasteiger partial charge >= 0.3 is 0 Å². The number of hydrogen-bond acceptors (Lipinski definition) is 4. The molecule has 1 unspecified atom stereocenters. The van der Waals surface area contributed by atoms with Crippen molar-refractivity contribution in [2.75, 3.05) is 13.2 Å². The number of nitrogens with one attached hydrogen (secondary N) is 1. The Hall–Kier alpha value is -1.30. The SMILES string of the molecule is N/C(CC(=O)NCC1CCCO1)=N\O. The van der Waals surface area contributed by atoms with Crippen LogP contribution in [0.2, 0.25) is 0 Å². The smallest absolute Gasteiger partial charge is 0.227 e. The van der Waals surface area contributed by atoms with Gasteiger partial charge < -0.3 is 21.0 Å². The molecule has 0 bridgehead atoms. The Morgan fingerprint density at radius 1 is 1.71 bits per heavy atom. The summed E-state index contributed by atoms with van der Waals surface area (Å²) in [5, 5.41) is 13.6.